The molecular weight excluding hydrogens is 423 g/mol. The number of benzene rings is 1. The Balaban J connectivity index is 2.23. The Morgan fingerprint density at radius 3 is 2.74 bits per heavy atom. The van der Waals surface area contributed by atoms with Crippen LogP contribution in [0.3, 0.4) is 0 Å². The van der Waals surface area contributed by atoms with Crippen LogP contribution in [0.2, 0.25) is 0 Å². The summed E-state index contributed by atoms with van der Waals surface area (Å²) in [6, 6.07) is 4.15. The minimum absolute atomic E-state index is 0.102. The summed E-state index contributed by atoms with van der Waals surface area (Å²) in [5.74, 6) is -1.47. The van der Waals surface area contributed by atoms with Gasteiger partial charge < -0.3 is 15.4 Å². The van der Waals surface area contributed by atoms with Crippen molar-refractivity contribution in [3.8, 4) is 5.75 Å². The van der Waals surface area contributed by atoms with Crippen molar-refractivity contribution in [3.63, 3.8) is 0 Å². The smallest absolute Gasteiger partial charge is 0.330 e. The average Bonchev–Trinajstić information content (AvgIpc) is 2.60. The van der Waals surface area contributed by atoms with Gasteiger partial charge in [-0.1, -0.05) is 29.3 Å². The number of unbranched alkanes of at least 4 members (excludes halogenated alkanes) is 1. The summed E-state index contributed by atoms with van der Waals surface area (Å²) in [6.07, 6.45) is 1.50. The molecule has 0 fully saturated rings. The zero-order valence-electron chi connectivity index (χ0n) is 14.9. The number of hydrogen-bond donors (Lipinski definition) is 2. The van der Waals surface area contributed by atoms with Crippen LogP contribution in [-0.4, -0.2) is 29.1 Å². The molecule has 2 aromatic rings. The maximum absolute atomic E-state index is 13.8. The number of H-pyrrole nitrogens is 1. The van der Waals surface area contributed by atoms with E-state index in [9.17, 15) is 18.8 Å². The number of rotatable bonds is 7. The number of aromatic nitrogens is 2. The third kappa shape index (κ3) is 4.76. The van der Waals surface area contributed by atoms with Crippen molar-refractivity contribution in [2.75, 3.05) is 24.3 Å². The summed E-state index contributed by atoms with van der Waals surface area (Å²) in [5, 5.41) is 0. The molecule has 146 valence electrons. The number of aromatic amines is 1. The number of nitrogens with two attached hydrogens (primary N) is 1. The second kappa shape index (κ2) is 8.85. The molecule has 0 saturated carbocycles. The molecule has 0 spiro atoms. The number of hydrogen-bond acceptors (Lipinski definition) is 5. The van der Waals surface area contributed by atoms with Crippen molar-refractivity contribution >= 4 is 33.3 Å². The van der Waals surface area contributed by atoms with Gasteiger partial charge in [0, 0.05) is 18.1 Å². The molecule has 2 rings (SSSR count). The molecule has 1 aromatic heterocycles. The van der Waals surface area contributed by atoms with Gasteiger partial charge in [0.1, 0.15) is 5.82 Å². The summed E-state index contributed by atoms with van der Waals surface area (Å²) in [6.45, 7) is 1.75. The van der Waals surface area contributed by atoms with Crippen LogP contribution < -0.4 is 26.6 Å². The molecule has 0 saturated heterocycles. The van der Waals surface area contributed by atoms with E-state index in [4.69, 9.17) is 10.5 Å². The monoisotopic (exact) mass is 442 g/mol. The number of nitrogens with one attached hydrogen (secondary N) is 1. The molecule has 0 unspecified atom stereocenters. The van der Waals surface area contributed by atoms with Gasteiger partial charge in [-0.15, -0.1) is 0 Å². The highest BCUT2D eigenvalue weighted by atomic mass is 79.9. The number of nitrogen functional groups attached to an aromatic ring is 1. The van der Waals surface area contributed by atoms with E-state index < -0.39 is 29.6 Å². The summed E-state index contributed by atoms with van der Waals surface area (Å²) >= 11 is 3.13. The average molecular weight is 443 g/mol. The molecule has 0 radical (unpaired) electrons. The first-order valence-corrected chi connectivity index (χ1v) is 9.02. The molecule has 1 amide bonds. The van der Waals surface area contributed by atoms with Gasteiger partial charge in [-0.2, -0.15) is 0 Å². The Morgan fingerprint density at radius 2 is 2.11 bits per heavy atom. The zero-order valence-corrected chi connectivity index (χ0v) is 16.5. The highest BCUT2D eigenvalue weighted by Gasteiger charge is 2.21. The van der Waals surface area contributed by atoms with E-state index >= 15 is 0 Å². The Hall–Kier alpha value is -2.62. The standard InChI is InChI=1S/C17H20BrFN4O4/c1-3-4-7-23-15(20)14(16(25)21-17(23)26)22(2)13(24)9-27-12-6-5-10(18)8-11(12)19/h5-6,8H,3-4,7,9,20H2,1-2H3,(H,21,25,26). The van der Waals surface area contributed by atoms with Gasteiger partial charge >= 0.3 is 5.69 Å². The van der Waals surface area contributed by atoms with Gasteiger partial charge in [0.15, 0.2) is 23.9 Å². The fourth-order valence-electron chi connectivity index (χ4n) is 2.39. The molecular formula is C17H20BrFN4O4. The molecule has 1 aromatic carbocycles. The van der Waals surface area contributed by atoms with Gasteiger partial charge in [-0.25, -0.2) is 9.18 Å². The van der Waals surface area contributed by atoms with E-state index in [0.29, 0.717) is 17.4 Å². The number of anilines is 2. The van der Waals surface area contributed by atoms with Gasteiger partial charge in [0.05, 0.1) is 0 Å². The predicted octanol–water partition coefficient (Wildman–Crippen LogP) is 1.86. The van der Waals surface area contributed by atoms with Crippen molar-refractivity contribution < 1.29 is 13.9 Å². The second-order valence-electron chi connectivity index (χ2n) is 5.81. The van der Waals surface area contributed by atoms with Crippen LogP contribution in [0, 0.1) is 5.82 Å². The third-order valence-electron chi connectivity index (χ3n) is 3.90. The third-order valence-corrected chi connectivity index (χ3v) is 4.40. The SMILES string of the molecule is CCCCn1c(N)c(N(C)C(=O)COc2ccc(Br)cc2F)c(=O)[nH]c1=O. The van der Waals surface area contributed by atoms with Crippen LogP contribution in [0.15, 0.2) is 32.3 Å². The Kier molecular flexibility index (Phi) is 6.78. The molecule has 1 heterocycles. The van der Waals surface area contributed by atoms with Gasteiger partial charge in [0.2, 0.25) is 0 Å². The van der Waals surface area contributed by atoms with Crippen molar-refractivity contribution in [3.05, 3.63) is 49.3 Å². The zero-order chi connectivity index (χ0) is 20.1. The van der Waals surface area contributed by atoms with Crippen LogP contribution in [-0.2, 0) is 11.3 Å². The van der Waals surface area contributed by atoms with E-state index in [2.05, 4.69) is 20.9 Å². The van der Waals surface area contributed by atoms with Crippen molar-refractivity contribution in [1.29, 1.82) is 0 Å². The Morgan fingerprint density at radius 1 is 1.41 bits per heavy atom. The summed E-state index contributed by atoms with van der Waals surface area (Å²) in [4.78, 5) is 39.6. The fraction of sp³-hybridized carbons (Fsp3) is 0.353. The molecule has 0 aliphatic carbocycles. The summed E-state index contributed by atoms with van der Waals surface area (Å²) in [5.41, 5.74) is 4.38. The lowest BCUT2D eigenvalue weighted by molar-refractivity contribution is -0.120. The van der Waals surface area contributed by atoms with Crippen LogP contribution >= 0.6 is 15.9 Å². The molecule has 27 heavy (non-hydrogen) atoms. The Labute approximate surface area is 162 Å². The van der Waals surface area contributed by atoms with Crippen molar-refractivity contribution in [2.24, 2.45) is 0 Å². The molecule has 0 bridgehead atoms. The van der Waals surface area contributed by atoms with Crippen LogP contribution in [0.1, 0.15) is 19.8 Å². The second-order valence-corrected chi connectivity index (χ2v) is 6.73. The largest absolute Gasteiger partial charge is 0.481 e. The van der Waals surface area contributed by atoms with Gasteiger partial charge in [-0.05, 0) is 24.6 Å². The lowest BCUT2D eigenvalue weighted by Crippen LogP contribution is -2.40. The lowest BCUT2D eigenvalue weighted by Gasteiger charge is -2.20. The van der Waals surface area contributed by atoms with Crippen LogP contribution in [0.5, 0.6) is 5.75 Å². The molecule has 3 N–H and O–H groups in total. The van der Waals surface area contributed by atoms with Crippen LogP contribution in [0.4, 0.5) is 15.9 Å². The number of amides is 1. The highest BCUT2D eigenvalue weighted by Crippen LogP contribution is 2.22. The van der Waals surface area contributed by atoms with Gasteiger partial charge in [-0.3, -0.25) is 19.1 Å². The number of carbonyl (C=O) groups excluding carboxylic acids is 1. The van der Waals surface area contributed by atoms with E-state index in [1.54, 1.807) is 6.07 Å². The topological polar surface area (TPSA) is 110 Å². The van der Waals surface area contributed by atoms with E-state index in [1.165, 1.54) is 23.7 Å². The lowest BCUT2D eigenvalue weighted by atomic mass is 10.3. The molecule has 10 heteroatoms. The van der Waals surface area contributed by atoms with Crippen LogP contribution in [0.25, 0.3) is 0 Å². The highest BCUT2D eigenvalue weighted by molar-refractivity contribution is 9.10. The molecule has 8 nitrogen and oxygen atoms in total. The normalized spacial score (nSPS) is 10.7. The first kappa shape index (κ1) is 20.7. The van der Waals surface area contributed by atoms with Gasteiger partial charge in [0.25, 0.3) is 11.5 Å². The summed E-state index contributed by atoms with van der Waals surface area (Å²) < 4.78 is 20.7. The minimum atomic E-state index is -0.782. The van der Waals surface area contributed by atoms with E-state index in [1.807, 2.05) is 6.92 Å². The number of likely N-dealkylation sites (N-methyl/N-ethyl adjacent to an activating group) is 1. The molecule has 0 aliphatic rings. The number of nitrogens with zero attached hydrogens (tertiary/aromatic N) is 2. The first-order chi connectivity index (χ1) is 12.8. The Bertz CT molecular complexity index is 957. The number of ether oxygens (including phenoxy) is 1. The predicted molar refractivity (Wildman–Crippen MR) is 104 cm³/mol. The van der Waals surface area contributed by atoms with E-state index in [0.717, 1.165) is 11.3 Å². The maximum atomic E-state index is 13.8. The van der Waals surface area contributed by atoms with Crippen molar-refractivity contribution in [1.82, 2.24) is 9.55 Å². The quantitative estimate of drug-likeness (QED) is 0.679. The maximum Gasteiger partial charge on any atom is 0.330 e. The fourth-order valence-corrected chi connectivity index (χ4v) is 2.73. The first-order valence-electron chi connectivity index (χ1n) is 8.23. The number of halogens is 2. The number of carbonyl (C=O) groups is 1. The van der Waals surface area contributed by atoms with Crippen molar-refractivity contribution in [2.45, 2.75) is 26.3 Å². The minimum Gasteiger partial charge on any atom is -0.481 e. The summed E-state index contributed by atoms with van der Waals surface area (Å²) in [7, 11) is 1.33. The van der Waals surface area contributed by atoms with E-state index in [-0.39, 0.29) is 17.3 Å². The molecule has 0 aliphatic heterocycles. The molecule has 0 atom stereocenters.